The molecule has 1 aromatic rings. The topological polar surface area (TPSA) is 50.4 Å². The zero-order chi connectivity index (χ0) is 9.80. The van der Waals surface area contributed by atoms with Gasteiger partial charge in [-0.3, -0.25) is 10.1 Å². The summed E-state index contributed by atoms with van der Waals surface area (Å²) < 4.78 is 5.04. The predicted octanol–water partition coefficient (Wildman–Crippen LogP) is 0.571. The number of amides is 1. The molecule has 74 valence electrons. The van der Waals surface area contributed by atoms with Crippen LogP contribution in [-0.2, 0) is 9.53 Å². The number of benzene rings is 1. The van der Waals surface area contributed by atoms with E-state index in [4.69, 9.17) is 4.74 Å². The van der Waals surface area contributed by atoms with Crippen LogP contribution in [0.15, 0.2) is 30.3 Å². The Kier molecular flexibility index (Phi) is 2.76. The van der Waals surface area contributed by atoms with Gasteiger partial charge < -0.3 is 10.1 Å². The standard InChI is InChI=1S/C10H12N2O2/c13-10(9-6-14-7-11-9)12-8-4-2-1-3-5-8/h1-5,9,11H,6-7H2,(H,12,13). The average molecular weight is 192 g/mol. The number of carbonyl (C=O) groups is 1. The van der Waals surface area contributed by atoms with Crippen LogP contribution in [0.3, 0.4) is 0 Å². The Bertz CT molecular complexity index is 307. The van der Waals surface area contributed by atoms with Crippen molar-refractivity contribution < 1.29 is 9.53 Å². The third-order valence-electron chi connectivity index (χ3n) is 2.07. The second-order valence-corrected chi connectivity index (χ2v) is 3.13. The molecule has 0 radical (unpaired) electrons. The molecule has 1 aliphatic heterocycles. The number of rotatable bonds is 2. The molecule has 14 heavy (non-hydrogen) atoms. The van der Waals surface area contributed by atoms with E-state index in [9.17, 15) is 4.79 Å². The number of hydrogen-bond donors (Lipinski definition) is 2. The van der Waals surface area contributed by atoms with Gasteiger partial charge in [-0.2, -0.15) is 0 Å². The van der Waals surface area contributed by atoms with Gasteiger partial charge in [0, 0.05) is 5.69 Å². The molecule has 1 aromatic carbocycles. The van der Waals surface area contributed by atoms with E-state index in [0.29, 0.717) is 13.3 Å². The van der Waals surface area contributed by atoms with Crippen molar-refractivity contribution >= 4 is 11.6 Å². The maximum Gasteiger partial charge on any atom is 0.243 e. The Balaban J connectivity index is 1.94. The summed E-state index contributed by atoms with van der Waals surface area (Å²) in [7, 11) is 0. The summed E-state index contributed by atoms with van der Waals surface area (Å²) in [6.45, 7) is 0.894. The maximum atomic E-state index is 11.6. The molecule has 1 unspecified atom stereocenters. The van der Waals surface area contributed by atoms with Gasteiger partial charge in [-0.25, -0.2) is 0 Å². The van der Waals surface area contributed by atoms with Crippen LogP contribution in [0.4, 0.5) is 5.69 Å². The molecule has 0 saturated carbocycles. The number of carbonyl (C=O) groups excluding carboxylic acids is 1. The molecule has 0 aromatic heterocycles. The first-order chi connectivity index (χ1) is 6.86. The summed E-state index contributed by atoms with van der Waals surface area (Å²) in [6, 6.07) is 9.16. The highest BCUT2D eigenvalue weighted by molar-refractivity contribution is 5.95. The molecule has 2 N–H and O–H groups in total. The minimum absolute atomic E-state index is 0.0475. The number of ether oxygens (including phenoxy) is 1. The predicted molar refractivity (Wildman–Crippen MR) is 52.8 cm³/mol. The molecule has 0 spiro atoms. The fraction of sp³-hybridized carbons (Fsp3) is 0.300. The largest absolute Gasteiger partial charge is 0.364 e. The van der Waals surface area contributed by atoms with Crippen LogP contribution >= 0.6 is 0 Å². The highest BCUT2D eigenvalue weighted by Crippen LogP contribution is 2.06. The van der Waals surface area contributed by atoms with E-state index in [0.717, 1.165) is 5.69 Å². The molecule has 1 aliphatic rings. The molecule has 4 heteroatoms. The highest BCUT2D eigenvalue weighted by Gasteiger charge is 2.22. The van der Waals surface area contributed by atoms with Crippen molar-refractivity contribution in [3.8, 4) is 0 Å². The van der Waals surface area contributed by atoms with Gasteiger partial charge in [0.2, 0.25) is 5.91 Å². The molecule has 4 nitrogen and oxygen atoms in total. The number of para-hydroxylation sites is 1. The van der Waals surface area contributed by atoms with Crippen molar-refractivity contribution in [3.05, 3.63) is 30.3 Å². The van der Waals surface area contributed by atoms with E-state index < -0.39 is 0 Å². The third kappa shape index (κ3) is 2.10. The molecule has 0 bridgehead atoms. The van der Waals surface area contributed by atoms with Crippen molar-refractivity contribution in [2.45, 2.75) is 6.04 Å². The fourth-order valence-electron chi connectivity index (χ4n) is 1.31. The van der Waals surface area contributed by atoms with E-state index in [-0.39, 0.29) is 11.9 Å². The van der Waals surface area contributed by atoms with Gasteiger partial charge in [0.05, 0.1) is 13.3 Å². The van der Waals surface area contributed by atoms with Crippen LogP contribution in [0.25, 0.3) is 0 Å². The Hall–Kier alpha value is -1.39. The molecular weight excluding hydrogens is 180 g/mol. The van der Waals surface area contributed by atoms with Crippen LogP contribution in [-0.4, -0.2) is 25.3 Å². The van der Waals surface area contributed by atoms with Crippen LogP contribution in [0.1, 0.15) is 0 Å². The zero-order valence-corrected chi connectivity index (χ0v) is 7.69. The van der Waals surface area contributed by atoms with Crippen molar-refractivity contribution in [2.24, 2.45) is 0 Å². The van der Waals surface area contributed by atoms with E-state index >= 15 is 0 Å². The Morgan fingerprint density at radius 2 is 2.21 bits per heavy atom. The first kappa shape index (κ1) is 9.18. The van der Waals surface area contributed by atoms with Gasteiger partial charge >= 0.3 is 0 Å². The lowest BCUT2D eigenvalue weighted by molar-refractivity contribution is -0.117. The minimum atomic E-state index is -0.227. The molecule has 1 amide bonds. The van der Waals surface area contributed by atoms with E-state index in [1.54, 1.807) is 0 Å². The maximum absolute atomic E-state index is 11.6. The van der Waals surface area contributed by atoms with E-state index in [1.165, 1.54) is 0 Å². The summed E-state index contributed by atoms with van der Waals surface area (Å²) in [6.07, 6.45) is 0. The van der Waals surface area contributed by atoms with Crippen molar-refractivity contribution in [2.75, 3.05) is 18.7 Å². The number of nitrogens with one attached hydrogen (secondary N) is 2. The normalized spacial score (nSPS) is 20.7. The lowest BCUT2D eigenvalue weighted by Gasteiger charge is -2.09. The lowest BCUT2D eigenvalue weighted by atomic mass is 10.2. The summed E-state index contributed by atoms with van der Waals surface area (Å²) >= 11 is 0. The van der Waals surface area contributed by atoms with Crippen LogP contribution < -0.4 is 10.6 Å². The van der Waals surface area contributed by atoms with Crippen molar-refractivity contribution in [1.82, 2.24) is 5.32 Å². The second kappa shape index (κ2) is 4.21. The zero-order valence-electron chi connectivity index (χ0n) is 7.69. The lowest BCUT2D eigenvalue weighted by Crippen LogP contribution is -2.37. The van der Waals surface area contributed by atoms with Gasteiger partial charge in [0.1, 0.15) is 6.04 Å². The number of anilines is 1. The van der Waals surface area contributed by atoms with Gasteiger partial charge in [-0.1, -0.05) is 18.2 Å². The van der Waals surface area contributed by atoms with Crippen LogP contribution in [0.5, 0.6) is 0 Å². The van der Waals surface area contributed by atoms with Gasteiger partial charge in [0.25, 0.3) is 0 Å². The van der Waals surface area contributed by atoms with Crippen LogP contribution in [0.2, 0.25) is 0 Å². The Labute approximate surface area is 82.3 Å². The molecule has 1 saturated heterocycles. The highest BCUT2D eigenvalue weighted by atomic mass is 16.5. The Morgan fingerprint density at radius 3 is 2.86 bits per heavy atom. The summed E-state index contributed by atoms with van der Waals surface area (Å²) in [5.74, 6) is -0.0475. The minimum Gasteiger partial charge on any atom is -0.364 e. The van der Waals surface area contributed by atoms with Gasteiger partial charge in [0.15, 0.2) is 0 Å². The first-order valence-corrected chi connectivity index (χ1v) is 4.53. The molecule has 0 aliphatic carbocycles. The summed E-state index contributed by atoms with van der Waals surface area (Å²) in [5.41, 5.74) is 0.811. The van der Waals surface area contributed by atoms with Gasteiger partial charge in [-0.05, 0) is 12.1 Å². The SMILES string of the molecule is O=C(Nc1ccccc1)C1COCN1. The summed E-state index contributed by atoms with van der Waals surface area (Å²) in [4.78, 5) is 11.6. The first-order valence-electron chi connectivity index (χ1n) is 4.53. The van der Waals surface area contributed by atoms with Crippen molar-refractivity contribution in [1.29, 1.82) is 0 Å². The molecule has 2 rings (SSSR count). The third-order valence-corrected chi connectivity index (χ3v) is 2.07. The Morgan fingerprint density at radius 1 is 1.43 bits per heavy atom. The average Bonchev–Trinajstić information content (AvgIpc) is 2.72. The van der Waals surface area contributed by atoms with E-state index in [1.807, 2.05) is 30.3 Å². The van der Waals surface area contributed by atoms with Crippen molar-refractivity contribution in [3.63, 3.8) is 0 Å². The molecule has 1 fully saturated rings. The van der Waals surface area contributed by atoms with Gasteiger partial charge in [-0.15, -0.1) is 0 Å². The van der Waals surface area contributed by atoms with Crippen LogP contribution in [0, 0.1) is 0 Å². The smallest absolute Gasteiger partial charge is 0.243 e. The second-order valence-electron chi connectivity index (χ2n) is 3.13. The summed E-state index contributed by atoms with van der Waals surface area (Å²) in [5, 5.41) is 5.74. The quantitative estimate of drug-likeness (QED) is 0.720. The van der Waals surface area contributed by atoms with E-state index in [2.05, 4.69) is 10.6 Å². The monoisotopic (exact) mass is 192 g/mol. The molecule has 1 heterocycles. The number of hydrogen-bond acceptors (Lipinski definition) is 3. The fourth-order valence-corrected chi connectivity index (χ4v) is 1.31. The molecular formula is C10H12N2O2. The molecule has 1 atom stereocenters.